The van der Waals surface area contributed by atoms with Crippen molar-refractivity contribution in [3.63, 3.8) is 0 Å². The molecule has 1 aromatic heterocycles. The molecular formula is C14H16N2S2. The van der Waals surface area contributed by atoms with Gasteiger partial charge >= 0.3 is 0 Å². The third kappa shape index (κ3) is 3.68. The fraction of sp³-hybridized carbons (Fsp3) is 0.286. The van der Waals surface area contributed by atoms with Gasteiger partial charge in [0.1, 0.15) is 10.1 Å². The van der Waals surface area contributed by atoms with Crippen molar-refractivity contribution in [1.29, 1.82) is 0 Å². The summed E-state index contributed by atoms with van der Waals surface area (Å²) in [6.45, 7) is 0. The van der Waals surface area contributed by atoms with E-state index in [1.165, 1.54) is 5.56 Å². The van der Waals surface area contributed by atoms with Crippen molar-refractivity contribution in [2.45, 2.75) is 25.7 Å². The molecule has 94 valence electrons. The number of unbranched alkanes of at least 4 members (excludes halogenated alkanes) is 1. The predicted octanol–water partition coefficient (Wildman–Crippen LogP) is 3.51. The molecule has 1 heterocycles. The van der Waals surface area contributed by atoms with Crippen LogP contribution >= 0.6 is 24.8 Å². The van der Waals surface area contributed by atoms with E-state index in [1.807, 2.05) is 16.8 Å². The summed E-state index contributed by atoms with van der Waals surface area (Å²) in [5.74, 6) is 1.00. The van der Waals surface area contributed by atoms with E-state index in [0.717, 1.165) is 31.5 Å². The van der Waals surface area contributed by atoms with Crippen LogP contribution in [0.3, 0.4) is 0 Å². The molecule has 0 radical (unpaired) electrons. The first-order valence-corrected chi connectivity index (χ1v) is 6.92. The van der Waals surface area contributed by atoms with E-state index in [9.17, 15) is 0 Å². The summed E-state index contributed by atoms with van der Waals surface area (Å²) < 4.78 is 2.42. The lowest BCUT2D eigenvalue weighted by Gasteiger charge is -2.05. The minimum Gasteiger partial charge on any atom is -0.289 e. The predicted molar refractivity (Wildman–Crippen MR) is 82.3 cm³/mol. The first-order valence-electron chi connectivity index (χ1n) is 6.07. The zero-order valence-electron chi connectivity index (χ0n) is 10.1. The van der Waals surface area contributed by atoms with Crippen molar-refractivity contribution in [3.05, 3.63) is 54.1 Å². The number of imidazole rings is 1. The largest absolute Gasteiger partial charge is 0.289 e. The summed E-state index contributed by atoms with van der Waals surface area (Å²) in [6, 6.07) is 10.6. The Balaban J connectivity index is 1.79. The molecule has 0 bridgehead atoms. The number of hydrogen-bond acceptors (Lipinski definition) is 2. The number of rotatable bonds is 5. The lowest BCUT2D eigenvalue weighted by Crippen LogP contribution is -2.06. The highest BCUT2D eigenvalue weighted by atomic mass is 32.1. The number of benzene rings is 1. The van der Waals surface area contributed by atoms with Crippen molar-refractivity contribution in [2.75, 3.05) is 0 Å². The second kappa shape index (κ2) is 6.71. The molecule has 0 N–H and O–H groups in total. The van der Waals surface area contributed by atoms with Gasteiger partial charge in [0.05, 0.1) is 0 Å². The quantitative estimate of drug-likeness (QED) is 0.511. The van der Waals surface area contributed by atoms with Gasteiger partial charge in [-0.05, 0) is 24.8 Å². The third-order valence-electron chi connectivity index (χ3n) is 2.88. The number of aromatic nitrogens is 2. The molecule has 0 spiro atoms. The van der Waals surface area contributed by atoms with Gasteiger partial charge in [0.25, 0.3) is 0 Å². The second-order valence-electron chi connectivity index (χ2n) is 4.19. The van der Waals surface area contributed by atoms with Gasteiger partial charge in [-0.15, -0.1) is 12.6 Å². The van der Waals surface area contributed by atoms with Gasteiger partial charge in [-0.3, -0.25) is 4.57 Å². The Morgan fingerprint density at radius 2 is 1.89 bits per heavy atom. The van der Waals surface area contributed by atoms with Crippen LogP contribution in [0.25, 0.3) is 0 Å². The molecule has 0 saturated heterocycles. The molecule has 0 amide bonds. The molecule has 2 rings (SSSR count). The van der Waals surface area contributed by atoms with E-state index in [0.29, 0.717) is 4.32 Å². The Morgan fingerprint density at radius 1 is 1.17 bits per heavy atom. The molecule has 0 fully saturated rings. The first kappa shape index (κ1) is 13.3. The fourth-order valence-corrected chi connectivity index (χ4v) is 2.30. The van der Waals surface area contributed by atoms with Crippen molar-refractivity contribution in [3.8, 4) is 0 Å². The van der Waals surface area contributed by atoms with Gasteiger partial charge < -0.3 is 0 Å². The van der Waals surface area contributed by atoms with E-state index < -0.39 is 0 Å². The topological polar surface area (TPSA) is 17.8 Å². The molecule has 18 heavy (non-hydrogen) atoms. The molecule has 2 aromatic rings. The number of hydrogen-bond donors (Lipinski definition) is 1. The van der Waals surface area contributed by atoms with Crippen LogP contribution in [0.5, 0.6) is 0 Å². The lowest BCUT2D eigenvalue weighted by atomic mass is 10.1. The van der Waals surface area contributed by atoms with Crippen molar-refractivity contribution >= 4 is 29.2 Å². The number of nitrogens with zero attached hydrogens (tertiary/aromatic N) is 2. The maximum absolute atomic E-state index is 5.05. The van der Waals surface area contributed by atoms with Gasteiger partial charge in [-0.2, -0.15) is 0 Å². The van der Waals surface area contributed by atoms with Crippen molar-refractivity contribution < 1.29 is 0 Å². The molecule has 4 heteroatoms. The van der Waals surface area contributed by atoms with Crippen LogP contribution in [-0.2, 0) is 12.8 Å². The van der Waals surface area contributed by atoms with E-state index >= 15 is 0 Å². The molecule has 0 unspecified atom stereocenters. The molecule has 0 atom stereocenters. The zero-order chi connectivity index (χ0) is 12.8. The summed E-state index contributed by atoms with van der Waals surface area (Å²) in [5, 5.41) is 0. The maximum atomic E-state index is 5.05. The van der Waals surface area contributed by atoms with E-state index in [1.54, 1.807) is 6.20 Å². The Morgan fingerprint density at radius 3 is 2.61 bits per heavy atom. The van der Waals surface area contributed by atoms with Gasteiger partial charge in [-0.1, -0.05) is 42.5 Å². The zero-order valence-corrected chi connectivity index (χ0v) is 11.8. The van der Waals surface area contributed by atoms with Crippen LogP contribution in [0, 0.1) is 0 Å². The summed E-state index contributed by atoms with van der Waals surface area (Å²) in [7, 11) is 0. The van der Waals surface area contributed by atoms with Crippen LogP contribution in [0.15, 0.2) is 42.7 Å². The Labute approximate surface area is 118 Å². The Hall–Kier alpha value is -1.13. The highest BCUT2D eigenvalue weighted by molar-refractivity contribution is 8.11. The number of aryl methyl sites for hydroxylation is 2. The van der Waals surface area contributed by atoms with Crippen molar-refractivity contribution in [2.24, 2.45) is 0 Å². The average Bonchev–Trinajstić information content (AvgIpc) is 2.84. The van der Waals surface area contributed by atoms with Gasteiger partial charge in [0.2, 0.25) is 0 Å². The SMILES string of the molecule is S=C(S)n1ccnc1CCCCc1ccccc1. The fourth-order valence-electron chi connectivity index (χ4n) is 1.95. The van der Waals surface area contributed by atoms with Crippen LogP contribution in [0.4, 0.5) is 0 Å². The lowest BCUT2D eigenvalue weighted by molar-refractivity contribution is 0.705. The van der Waals surface area contributed by atoms with Crippen LogP contribution in [0.2, 0.25) is 0 Å². The van der Waals surface area contributed by atoms with Crippen LogP contribution < -0.4 is 0 Å². The van der Waals surface area contributed by atoms with Crippen molar-refractivity contribution in [1.82, 2.24) is 9.55 Å². The Bertz CT molecular complexity index is 506. The van der Waals surface area contributed by atoms with Crippen LogP contribution in [-0.4, -0.2) is 13.9 Å². The second-order valence-corrected chi connectivity index (χ2v) is 5.30. The molecule has 2 nitrogen and oxygen atoms in total. The minimum absolute atomic E-state index is 0.561. The van der Waals surface area contributed by atoms with Gasteiger partial charge in [0, 0.05) is 18.8 Å². The van der Waals surface area contributed by atoms with Gasteiger partial charge in [-0.25, -0.2) is 4.98 Å². The molecule has 1 aromatic carbocycles. The van der Waals surface area contributed by atoms with E-state index in [4.69, 9.17) is 12.2 Å². The van der Waals surface area contributed by atoms with Crippen LogP contribution in [0.1, 0.15) is 24.2 Å². The number of thiocarbonyl (C=S) groups is 1. The van der Waals surface area contributed by atoms with E-state index in [-0.39, 0.29) is 0 Å². The monoisotopic (exact) mass is 276 g/mol. The highest BCUT2D eigenvalue weighted by Gasteiger charge is 2.04. The summed E-state index contributed by atoms with van der Waals surface area (Å²) in [6.07, 6.45) is 7.98. The molecule has 0 aliphatic rings. The summed E-state index contributed by atoms with van der Waals surface area (Å²) in [5.41, 5.74) is 1.39. The van der Waals surface area contributed by atoms with Gasteiger partial charge in [0.15, 0.2) is 0 Å². The molecule has 0 aliphatic carbocycles. The average molecular weight is 276 g/mol. The minimum atomic E-state index is 0.561. The van der Waals surface area contributed by atoms with E-state index in [2.05, 4.69) is 41.9 Å². The summed E-state index contributed by atoms with van der Waals surface area (Å²) in [4.78, 5) is 4.31. The number of thiol groups is 1. The standard InChI is InChI=1S/C14H16N2S2/c17-14(18)16-11-10-15-13(16)9-5-4-8-12-6-2-1-3-7-12/h1-3,6-7,10-11H,4-5,8-9H2,(H,17,18). The highest BCUT2D eigenvalue weighted by Crippen LogP contribution is 2.09. The Kier molecular flexibility index (Phi) is 4.96. The maximum Gasteiger partial charge on any atom is 0.142 e. The molecular weight excluding hydrogens is 260 g/mol. The summed E-state index contributed by atoms with van der Waals surface area (Å²) >= 11 is 9.23. The third-order valence-corrected chi connectivity index (χ3v) is 3.29. The smallest absolute Gasteiger partial charge is 0.142 e. The normalized spacial score (nSPS) is 10.5. The first-order chi connectivity index (χ1) is 8.77. The molecule has 0 aliphatic heterocycles. The molecule has 0 saturated carbocycles.